The second-order valence-corrected chi connectivity index (χ2v) is 8.27. The van der Waals surface area contributed by atoms with E-state index in [9.17, 15) is 9.59 Å². The van der Waals surface area contributed by atoms with E-state index in [1.54, 1.807) is 14.0 Å². The Morgan fingerprint density at radius 2 is 2.03 bits per heavy atom. The molecule has 1 aromatic carbocycles. The maximum atomic E-state index is 13.0. The van der Waals surface area contributed by atoms with Crippen LogP contribution in [0.25, 0.3) is 10.2 Å². The van der Waals surface area contributed by atoms with E-state index in [0.717, 1.165) is 24.2 Å². The number of hydrogen-bond donors (Lipinski definition) is 2. The van der Waals surface area contributed by atoms with Gasteiger partial charge < -0.3 is 19.8 Å². The lowest BCUT2D eigenvalue weighted by Gasteiger charge is -2.38. The van der Waals surface area contributed by atoms with Crippen LogP contribution in [0.1, 0.15) is 33.6 Å². The molecular weight excluding hydrogens is 390 g/mol. The Balaban J connectivity index is 1.59. The Bertz CT molecular complexity index is 1080. The topological polar surface area (TPSA) is 93.3 Å². The van der Waals surface area contributed by atoms with Crippen LogP contribution in [0.15, 0.2) is 35.4 Å². The molecular formula is C21H23N3O4S. The van der Waals surface area contributed by atoms with Crippen molar-refractivity contribution in [2.45, 2.75) is 25.2 Å². The second-order valence-electron chi connectivity index (χ2n) is 7.27. The lowest BCUT2D eigenvalue weighted by Crippen LogP contribution is -2.44. The minimum atomic E-state index is -0.220. The van der Waals surface area contributed by atoms with Crippen LogP contribution in [0.4, 0.5) is 0 Å². The molecule has 0 atom stereocenters. The number of carbonyl (C=O) groups is 1. The summed E-state index contributed by atoms with van der Waals surface area (Å²) in [4.78, 5) is 32.9. The molecule has 0 unspecified atom stereocenters. The third-order valence-corrected chi connectivity index (χ3v) is 6.88. The summed E-state index contributed by atoms with van der Waals surface area (Å²) in [6.07, 6.45) is 3.02. The molecule has 0 spiro atoms. The highest BCUT2D eigenvalue weighted by atomic mass is 32.1. The van der Waals surface area contributed by atoms with Gasteiger partial charge in [0.05, 0.1) is 23.7 Å². The van der Waals surface area contributed by atoms with Gasteiger partial charge in [0.15, 0.2) is 0 Å². The number of ether oxygens (including phenoxy) is 2. The number of methoxy groups -OCH3 is 1. The van der Waals surface area contributed by atoms with Crippen LogP contribution < -0.4 is 15.6 Å². The average Bonchev–Trinajstić information content (AvgIpc) is 3.10. The first-order valence-electron chi connectivity index (χ1n) is 9.51. The number of fused-ring (bicyclic) bond motifs is 1. The van der Waals surface area contributed by atoms with Gasteiger partial charge in [-0.05, 0) is 43.0 Å². The van der Waals surface area contributed by atoms with E-state index in [-0.39, 0.29) is 16.9 Å². The molecule has 152 valence electrons. The fourth-order valence-corrected chi connectivity index (χ4v) is 4.97. The zero-order valence-corrected chi connectivity index (χ0v) is 17.2. The van der Waals surface area contributed by atoms with Crippen molar-refractivity contribution in [3.63, 3.8) is 0 Å². The quantitative estimate of drug-likeness (QED) is 0.671. The van der Waals surface area contributed by atoms with Gasteiger partial charge in [0.2, 0.25) is 0 Å². The predicted octanol–water partition coefficient (Wildman–Crippen LogP) is 2.78. The summed E-state index contributed by atoms with van der Waals surface area (Å²) in [6, 6.07) is 8.01. The molecule has 1 aliphatic heterocycles. The number of carbonyl (C=O) groups excluding carboxylic acids is 1. The van der Waals surface area contributed by atoms with Crippen molar-refractivity contribution in [2.75, 3.05) is 26.9 Å². The molecule has 7 nitrogen and oxygen atoms in total. The molecule has 1 fully saturated rings. The van der Waals surface area contributed by atoms with E-state index >= 15 is 0 Å². The highest BCUT2D eigenvalue weighted by Gasteiger charge is 2.35. The highest BCUT2D eigenvalue weighted by Crippen LogP contribution is 2.35. The van der Waals surface area contributed by atoms with E-state index in [1.807, 2.05) is 12.1 Å². The summed E-state index contributed by atoms with van der Waals surface area (Å²) in [5.74, 6) is 0.628. The largest absolute Gasteiger partial charge is 0.497 e. The fourth-order valence-electron chi connectivity index (χ4n) is 3.90. The summed E-state index contributed by atoms with van der Waals surface area (Å²) in [7, 11) is 1.65. The third-order valence-electron chi connectivity index (χ3n) is 5.68. The van der Waals surface area contributed by atoms with Crippen LogP contribution in [0.5, 0.6) is 5.75 Å². The van der Waals surface area contributed by atoms with Gasteiger partial charge in [-0.15, -0.1) is 11.3 Å². The van der Waals surface area contributed by atoms with Gasteiger partial charge in [-0.1, -0.05) is 12.1 Å². The first kappa shape index (κ1) is 19.6. The smallest absolute Gasteiger partial charge is 0.261 e. The number of nitrogens with one attached hydrogen (secondary N) is 2. The maximum Gasteiger partial charge on any atom is 0.261 e. The zero-order chi connectivity index (χ0) is 20.4. The number of rotatable bonds is 5. The molecule has 1 amide bonds. The minimum Gasteiger partial charge on any atom is -0.497 e. The predicted molar refractivity (Wildman–Crippen MR) is 112 cm³/mol. The zero-order valence-electron chi connectivity index (χ0n) is 16.4. The van der Waals surface area contributed by atoms with Gasteiger partial charge in [-0.3, -0.25) is 9.59 Å². The molecule has 8 heteroatoms. The van der Waals surface area contributed by atoms with Crippen molar-refractivity contribution in [3.05, 3.63) is 57.0 Å². The lowest BCUT2D eigenvalue weighted by molar-refractivity contribution is 0.0487. The minimum absolute atomic E-state index is 0.177. The van der Waals surface area contributed by atoms with Gasteiger partial charge in [-0.2, -0.15) is 0 Å². The van der Waals surface area contributed by atoms with Crippen molar-refractivity contribution < 1.29 is 14.3 Å². The van der Waals surface area contributed by atoms with Crippen LogP contribution in [0, 0.1) is 6.92 Å². The summed E-state index contributed by atoms with van der Waals surface area (Å²) in [5, 5.41) is 3.59. The van der Waals surface area contributed by atoms with Crippen LogP contribution in [-0.4, -0.2) is 42.7 Å². The molecule has 0 aliphatic carbocycles. The summed E-state index contributed by atoms with van der Waals surface area (Å²) in [6.45, 7) is 3.60. The molecule has 1 saturated heterocycles. The number of aryl methyl sites for hydroxylation is 1. The molecule has 0 bridgehead atoms. The number of H-pyrrole nitrogens is 1. The van der Waals surface area contributed by atoms with E-state index < -0.39 is 0 Å². The van der Waals surface area contributed by atoms with Crippen LogP contribution in [0.3, 0.4) is 0 Å². The fraction of sp³-hybridized carbons (Fsp3) is 0.381. The average molecular weight is 413 g/mol. The highest BCUT2D eigenvalue weighted by molar-refractivity contribution is 7.20. The van der Waals surface area contributed by atoms with Crippen molar-refractivity contribution >= 4 is 27.5 Å². The van der Waals surface area contributed by atoms with E-state index in [4.69, 9.17) is 9.47 Å². The van der Waals surface area contributed by atoms with Gasteiger partial charge in [0, 0.05) is 25.2 Å². The summed E-state index contributed by atoms with van der Waals surface area (Å²) >= 11 is 1.25. The Hall–Kier alpha value is -2.71. The van der Waals surface area contributed by atoms with E-state index in [2.05, 4.69) is 27.4 Å². The standard InChI is InChI=1S/C21H23N3O4S/c1-13-16-18(25)23-12-24-20(16)29-17(13)19(26)22-11-21(7-9-28-10-8-21)14-3-5-15(27-2)6-4-14/h3-6,12H,7-11H2,1-2H3,(H,22,26)(H,23,24,25). The van der Waals surface area contributed by atoms with Gasteiger partial charge >= 0.3 is 0 Å². The molecule has 3 heterocycles. The van der Waals surface area contributed by atoms with Crippen LogP contribution in [0.2, 0.25) is 0 Å². The molecule has 1 aliphatic rings. The van der Waals surface area contributed by atoms with Gasteiger partial charge in [0.1, 0.15) is 10.6 Å². The SMILES string of the molecule is COc1ccc(C2(CNC(=O)c3sc4nc[nH]c(=O)c4c3C)CCOCC2)cc1. The first-order valence-corrected chi connectivity index (χ1v) is 10.3. The number of amides is 1. The Kier molecular flexibility index (Phi) is 5.38. The van der Waals surface area contributed by atoms with Crippen LogP contribution in [-0.2, 0) is 10.2 Å². The van der Waals surface area contributed by atoms with Gasteiger partial charge in [-0.25, -0.2) is 4.98 Å². The molecule has 29 heavy (non-hydrogen) atoms. The normalized spacial score (nSPS) is 15.9. The number of aromatic nitrogens is 2. The Morgan fingerprint density at radius 3 is 2.69 bits per heavy atom. The molecule has 4 rings (SSSR count). The third kappa shape index (κ3) is 3.65. The van der Waals surface area contributed by atoms with Crippen LogP contribution >= 0.6 is 11.3 Å². The molecule has 3 aromatic rings. The number of nitrogens with zero attached hydrogens (tertiary/aromatic N) is 1. The number of thiophene rings is 1. The van der Waals surface area contributed by atoms with Crippen molar-refractivity contribution in [1.29, 1.82) is 0 Å². The van der Waals surface area contributed by atoms with Gasteiger partial charge in [0.25, 0.3) is 11.5 Å². The van der Waals surface area contributed by atoms with Crippen molar-refractivity contribution in [3.8, 4) is 5.75 Å². The number of aromatic amines is 1. The molecule has 2 aromatic heterocycles. The molecule has 0 saturated carbocycles. The molecule has 0 radical (unpaired) electrons. The van der Waals surface area contributed by atoms with E-state index in [1.165, 1.54) is 17.7 Å². The number of hydrogen-bond acceptors (Lipinski definition) is 6. The van der Waals surface area contributed by atoms with E-state index in [0.29, 0.717) is 40.4 Å². The first-order chi connectivity index (χ1) is 14.0. The second kappa shape index (κ2) is 7.96. The number of benzene rings is 1. The molecule has 2 N–H and O–H groups in total. The monoisotopic (exact) mass is 413 g/mol. The van der Waals surface area contributed by atoms with Crippen molar-refractivity contribution in [2.24, 2.45) is 0 Å². The van der Waals surface area contributed by atoms with Crippen molar-refractivity contribution in [1.82, 2.24) is 15.3 Å². The Labute approximate surface area is 172 Å². The maximum absolute atomic E-state index is 13.0. The Morgan fingerprint density at radius 1 is 1.31 bits per heavy atom. The summed E-state index contributed by atoms with van der Waals surface area (Å²) in [5.41, 5.74) is 1.41. The summed E-state index contributed by atoms with van der Waals surface area (Å²) < 4.78 is 10.8. The lowest BCUT2D eigenvalue weighted by atomic mass is 9.74.